The summed E-state index contributed by atoms with van der Waals surface area (Å²) in [4.78, 5) is 59.3. The molecule has 1 saturated heterocycles. The minimum Gasteiger partial charge on any atom is -0.461 e. The molecule has 0 N–H and O–H groups in total. The zero-order chi connectivity index (χ0) is 27.3. The van der Waals surface area contributed by atoms with Crippen molar-refractivity contribution in [2.45, 2.75) is 26.9 Å². The van der Waals surface area contributed by atoms with Crippen LogP contribution in [0.5, 0.6) is 0 Å². The summed E-state index contributed by atoms with van der Waals surface area (Å²) in [6.07, 6.45) is -1.37. The number of hydrogen-bond donors (Lipinski definition) is 0. The van der Waals surface area contributed by atoms with Crippen LogP contribution in [0.2, 0.25) is 10.0 Å². The van der Waals surface area contributed by atoms with Crippen molar-refractivity contribution in [1.82, 2.24) is 9.78 Å². The number of rotatable bonds is 6. The number of carbonyl (C=O) groups is 4. The lowest BCUT2D eigenvalue weighted by molar-refractivity contribution is -0.126. The Balaban J connectivity index is 1.56. The molecule has 1 fully saturated rings. The average Bonchev–Trinajstić information content (AvgIpc) is 3.54. The molecule has 0 unspecified atom stereocenters. The molecule has 0 saturated carbocycles. The highest BCUT2D eigenvalue weighted by molar-refractivity contribution is 6.53. The lowest BCUT2D eigenvalue weighted by atomic mass is 9.92. The number of oxime groups is 1. The molecule has 2 amide bonds. The van der Waals surface area contributed by atoms with Gasteiger partial charge >= 0.3 is 5.97 Å². The Labute approximate surface area is 226 Å². The Kier molecular flexibility index (Phi) is 6.54. The molecule has 0 bridgehead atoms. The molecule has 2 aliphatic rings. The highest BCUT2D eigenvalue weighted by atomic mass is 35.5. The number of aryl methyl sites for hydroxylation is 1. The highest BCUT2D eigenvalue weighted by Crippen LogP contribution is 2.38. The molecule has 2 aromatic carbocycles. The lowest BCUT2D eigenvalue weighted by Gasteiger charge is -2.17. The van der Waals surface area contributed by atoms with Crippen LogP contribution in [0.25, 0.3) is 5.69 Å². The fourth-order valence-electron chi connectivity index (χ4n) is 4.44. The van der Waals surface area contributed by atoms with Crippen molar-refractivity contribution < 1.29 is 28.8 Å². The molecule has 3 heterocycles. The van der Waals surface area contributed by atoms with E-state index < -0.39 is 35.6 Å². The number of nitrogens with zero attached hydrogens (tertiary/aromatic N) is 4. The van der Waals surface area contributed by atoms with Crippen LogP contribution in [0.1, 0.15) is 39.0 Å². The third kappa shape index (κ3) is 4.06. The van der Waals surface area contributed by atoms with Crippen molar-refractivity contribution in [3.63, 3.8) is 0 Å². The fraction of sp³-hybridized carbons (Fsp3) is 0.231. The van der Waals surface area contributed by atoms with E-state index in [0.717, 1.165) is 10.5 Å². The first-order chi connectivity index (χ1) is 18.1. The van der Waals surface area contributed by atoms with E-state index in [1.807, 2.05) is 19.1 Å². The van der Waals surface area contributed by atoms with Gasteiger partial charge in [-0.25, -0.2) is 14.4 Å². The van der Waals surface area contributed by atoms with E-state index in [1.54, 1.807) is 26.0 Å². The maximum Gasteiger partial charge on any atom is 0.359 e. The third-order valence-electron chi connectivity index (χ3n) is 6.28. The van der Waals surface area contributed by atoms with Gasteiger partial charge in [0.15, 0.2) is 5.69 Å². The number of carbonyl (C=O) groups excluding carboxylic acids is 4. The van der Waals surface area contributed by atoms with Crippen LogP contribution in [0.3, 0.4) is 0 Å². The van der Waals surface area contributed by atoms with E-state index in [-0.39, 0.29) is 39.3 Å². The van der Waals surface area contributed by atoms with Gasteiger partial charge in [-0.1, -0.05) is 46.1 Å². The molecule has 10 nitrogen and oxygen atoms in total. The number of anilines is 1. The highest BCUT2D eigenvalue weighted by Gasteiger charge is 2.58. The van der Waals surface area contributed by atoms with Crippen LogP contribution in [-0.2, 0) is 19.2 Å². The van der Waals surface area contributed by atoms with Gasteiger partial charge in [0, 0.05) is 5.02 Å². The van der Waals surface area contributed by atoms with E-state index >= 15 is 0 Å². The number of amides is 2. The number of esters is 1. The van der Waals surface area contributed by atoms with E-state index in [4.69, 9.17) is 32.8 Å². The van der Waals surface area contributed by atoms with Crippen molar-refractivity contribution in [2.75, 3.05) is 11.5 Å². The summed E-state index contributed by atoms with van der Waals surface area (Å²) in [6.45, 7) is 5.21. The van der Waals surface area contributed by atoms with Gasteiger partial charge in [0.2, 0.25) is 17.8 Å². The quantitative estimate of drug-likeness (QED) is 0.255. The predicted octanol–water partition coefficient (Wildman–Crippen LogP) is 4.10. The number of imide groups is 1. The summed E-state index contributed by atoms with van der Waals surface area (Å²) >= 11 is 12.3. The Morgan fingerprint density at radius 1 is 1.05 bits per heavy atom. The van der Waals surface area contributed by atoms with E-state index in [1.165, 1.54) is 22.9 Å². The number of ether oxygens (including phenoxy) is 1. The van der Waals surface area contributed by atoms with Crippen LogP contribution >= 0.6 is 23.2 Å². The van der Waals surface area contributed by atoms with Crippen LogP contribution in [0, 0.1) is 19.8 Å². The predicted molar refractivity (Wildman–Crippen MR) is 138 cm³/mol. The number of hydrogen-bond acceptors (Lipinski definition) is 8. The van der Waals surface area contributed by atoms with Gasteiger partial charge in [0.1, 0.15) is 11.6 Å². The number of aromatic nitrogens is 2. The summed E-state index contributed by atoms with van der Waals surface area (Å²) < 4.78 is 6.57. The Bertz CT molecular complexity index is 1550. The number of halogens is 2. The SMILES string of the molecule is CCOC(=O)c1nn(-c2ccc(C)cc2)c(C)c1C(=O)C1=NO[C@H]2C(=O)N(c3cc(Cl)ccc3Cl)C(=O)[C@@H]12. The molecule has 12 heteroatoms. The summed E-state index contributed by atoms with van der Waals surface area (Å²) in [5.74, 6) is -4.44. The lowest BCUT2D eigenvalue weighted by Crippen LogP contribution is -2.35. The first-order valence-corrected chi connectivity index (χ1v) is 12.3. The first-order valence-electron chi connectivity index (χ1n) is 11.6. The van der Waals surface area contributed by atoms with Gasteiger partial charge in [-0.15, -0.1) is 0 Å². The molecule has 194 valence electrons. The standard InChI is InChI=1S/C26H20Cl2N4O6/c1-4-37-26(36)21-18(13(3)32(29-21)15-8-5-12(2)6-9-15)22(33)20-19-23(38-30-20)25(35)31(24(19)34)17-11-14(27)7-10-16(17)28/h5-11,19,23H,4H2,1-3H3/t19-,23+/m0/s1. The zero-order valence-corrected chi connectivity index (χ0v) is 21.9. The molecule has 1 aromatic heterocycles. The molecule has 38 heavy (non-hydrogen) atoms. The van der Waals surface area contributed by atoms with E-state index in [9.17, 15) is 19.2 Å². The Morgan fingerprint density at radius 2 is 1.76 bits per heavy atom. The molecule has 2 aliphatic heterocycles. The molecule has 3 aromatic rings. The maximum absolute atomic E-state index is 13.9. The monoisotopic (exact) mass is 554 g/mol. The summed E-state index contributed by atoms with van der Waals surface area (Å²) in [7, 11) is 0. The van der Waals surface area contributed by atoms with Crippen molar-refractivity contribution in [1.29, 1.82) is 0 Å². The van der Waals surface area contributed by atoms with Crippen LogP contribution < -0.4 is 4.90 Å². The Hall–Kier alpha value is -4.02. The average molecular weight is 555 g/mol. The van der Waals surface area contributed by atoms with Crippen LogP contribution in [0.15, 0.2) is 47.6 Å². The minimum absolute atomic E-state index is 0.0556. The zero-order valence-electron chi connectivity index (χ0n) is 20.4. The van der Waals surface area contributed by atoms with Crippen molar-refractivity contribution in [3.05, 3.63) is 75.0 Å². The molecular formula is C26H20Cl2N4O6. The second-order valence-corrected chi connectivity index (χ2v) is 9.54. The number of fused-ring (bicyclic) bond motifs is 1. The normalized spacial score (nSPS) is 18.3. The van der Waals surface area contributed by atoms with Crippen LogP contribution in [0.4, 0.5) is 5.69 Å². The number of ketones is 1. The smallest absolute Gasteiger partial charge is 0.359 e. The molecule has 0 aliphatic carbocycles. The minimum atomic E-state index is -1.37. The van der Waals surface area contributed by atoms with Crippen molar-refractivity contribution >= 4 is 58.2 Å². The Morgan fingerprint density at radius 3 is 2.45 bits per heavy atom. The second kappa shape index (κ2) is 9.70. The molecule has 2 atom stereocenters. The van der Waals surface area contributed by atoms with Gasteiger partial charge in [-0.3, -0.25) is 14.4 Å². The largest absolute Gasteiger partial charge is 0.461 e. The van der Waals surface area contributed by atoms with Gasteiger partial charge in [0.25, 0.3) is 5.91 Å². The summed E-state index contributed by atoms with van der Waals surface area (Å²) in [5, 5.41) is 8.52. The second-order valence-electron chi connectivity index (χ2n) is 8.69. The summed E-state index contributed by atoms with van der Waals surface area (Å²) in [6, 6.07) is 11.6. The van der Waals surface area contributed by atoms with Crippen molar-refractivity contribution in [3.8, 4) is 5.69 Å². The molecule has 0 radical (unpaired) electrons. The van der Waals surface area contributed by atoms with E-state index in [0.29, 0.717) is 11.4 Å². The number of benzene rings is 2. The van der Waals surface area contributed by atoms with E-state index in [2.05, 4.69) is 10.3 Å². The summed E-state index contributed by atoms with van der Waals surface area (Å²) in [5.41, 5.74) is 1.33. The molecular weight excluding hydrogens is 535 g/mol. The topological polar surface area (TPSA) is 120 Å². The maximum atomic E-state index is 13.9. The van der Waals surface area contributed by atoms with Crippen molar-refractivity contribution in [2.24, 2.45) is 11.1 Å². The molecule has 0 spiro atoms. The third-order valence-corrected chi connectivity index (χ3v) is 6.84. The van der Waals surface area contributed by atoms with Gasteiger partial charge in [0.05, 0.1) is 34.3 Å². The number of Topliss-reactive ketones (excluding diaryl/α,β-unsaturated/α-hetero) is 1. The molecule has 5 rings (SSSR count). The van der Waals surface area contributed by atoms with Gasteiger partial charge < -0.3 is 9.57 Å². The fourth-order valence-corrected chi connectivity index (χ4v) is 4.81. The van der Waals surface area contributed by atoms with Crippen LogP contribution in [-0.4, -0.2) is 51.8 Å². The van der Waals surface area contributed by atoms with Gasteiger partial charge in [-0.05, 0) is 51.1 Å². The van der Waals surface area contributed by atoms with Gasteiger partial charge in [-0.2, -0.15) is 5.10 Å². The first kappa shape index (κ1) is 25.6.